The van der Waals surface area contributed by atoms with E-state index in [0.717, 1.165) is 17.9 Å². The van der Waals surface area contributed by atoms with E-state index in [1.807, 2.05) is 19.1 Å². The summed E-state index contributed by atoms with van der Waals surface area (Å²) in [5.74, 6) is 1.21. The van der Waals surface area contributed by atoms with Crippen molar-refractivity contribution in [3.8, 4) is 6.07 Å². The van der Waals surface area contributed by atoms with E-state index in [-0.39, 0.29) is 11.2 Å². The van der Waals surface area contributed by atoms with Crippen molar-refractivity contribution in [3.63, 3.8) is 0 Å². The number of rotatable bonds is 1. The van der Waals surface area contributed by atoms with Crippen LogP contribution in [0.2, 0.25) is 0 Å². The largest absolute Gasteiger partial charge is 0.465 e. The molecule has 0 aromatic carbocycles. The molecule has 0 fully saturated rings. The standard InChI is InChI=1S/C17H19N3O2/c1-9-4-5-13(22-9)14-10(8-18)16(19)20-11-6-17(2,3)7-12(21)15(11)14/h4-5,14,20H,6-7,19H2,1-3H3. The number of allylic oxidation sites excluding steroid dienone is 3. The van der Waals surface area contributed by atoms with Crippen molar-refractivity contribution < 1.29 is 9.21 Å². The molecule has 0 amide bonds. The van der Waals surface area contributed by atoms with Gasteiger partial charge in [0.1, 0.15) is 17.3 Å². The molecule has 0 saturated carbocycles. The summed E-state index contributed by atoms with van der Waals surface area (Å²) in [5.41, 5.74) is 7.70. The summed E-state index contributed by atoms with van der Waals surface area (Å²) >= 11 is 0. The van der Waals surface area contributed by atoms with Crippen LogP contribution in [-0.2, 0) is 4.79 Å². The number of Topliss-reactive ketones (excluding diaryl/α,β-unsaturated/α-hetero) is 1. The molecule has 1 aromatic heterocycles. The predicted molar refractivity (Wildman–Crippen MR) is 81.2 cm³/mol. The van der Waals surface area contributed by atoms with Crippen LogP contribution in [-0.4, -0.2) is 5.78 Å². The number of nitriles is 1. The summed E-state index contributed by atoms with van der Waals surface area (Å²) in [4.78, 5) is 12.7. The number of carbonyl (C=O) groups is 1. The Morgan fingerprint density at radius 3 is 2.73 bits per heavy atom. The maximum Gasteiger partial charge on any atom is 0.162 e. The van der Waals surface area contributed by atoms with Crippen molar-refractivity contribution in [1.29, 1.82) is 5.26 Å². The van der Waals surface area contributed by atoms with Gasteiger partial charge in [-0.05, 0) is 30.9 Å². The average molecular weight is 297 g/mol. The summed E-state index contributed by atoms with van der Waals surface area (Å²) in [6.45, 7) is 5.95. The SMILES string of the molecule is Cc1ccc(C2C(C#N)=C(N)NC3=C2C(=O)CC(C)(C)C3)o1. The Labute approximate surface area is 129 Å². The highest BCUT2D eigenvalue weighted by Crippen LogP contribution is 2.45. The fourth-order valence-electron chi connectivity index (χ4n) is 3.33. The number of nitrogens with zero attached hydrogens (tertiary/aromatic N) is 1. The Bertz CT molecular complexity index is 759. The van der Waals surface area contributed by atoms with E-state index in [1.165, 1.54) is 0 Å². The summed E-state index contributed by atoms with van der Waals surface area (Å²) in [5, 5.41) is 12.5. The van der Waals surface area contributed by atoms with Crippen molar-refractivity contribution in [3.05, 3.63) is 46.3 Å². The first kappa shape index (κ1) is 14.5. The van der Waals surface area contributed by atoms with Crippen LogP contribution in [0.25, 0.3) is 0 Å². The van der Waals surface area contributed by atoms with E-state index in [1.54, 1.807) is 0 Å². The number of carbonyl (C=O) groups excluding carboxylic acids is 1. The van der Waals surface area contributed by atoms with Crippen LogP contribution in [0.15, 0.2) is 39.2 Å². The summed E-state index contributed by atoms with van der Waals surface area (Å²) in [6.07, 6.45) is 1.19. The van der Waals surface area contributed by atoms with Gasteiger partial charge in [-0.3, -0.25) is 4.79 Å². The van der Waals surface area contributed by atoms with Crippen molar-refractivity contribution in [1.82, 2.24) is 5.32 Å². The minimum absolute atomic E-state index is 0.0538. The minimum Gasteiger partial charge on any atom is -0.465 e. The Morgan fingerprint density at radius 2 is 2.14 bits per heavy atom. The number of furan rings is 1. The van der Waals surface area contributed by atoms with Gasteiger partial charge in [0.25, 0.3) is 0 Å². The van der Waals surface area contributed by atoms with E-state index < -0.39 is 5.92 Å². The quantitative estimate of drug-likeness (QED) is 0.831. The second kappa shape index (κ2) is 4.77. The van der Waals surface area contributed by atoms with Gasteiger partial charge in [0.2, 0.25) is 0 Å². The average Bonchev–Trinajstić information content (AvgIpc) is 2.82. The number of nitrogens with two attached hydrogens (primary N) is 1. The first-order valence-electron chi connectivity index (χ1n) is 7.32. The molecule has 2 aliphatic rings. The lowest BCUT2D eigenvalue weighted by Crippen LogP contribution is -2.39. The number of hydrogen-bond acceptors (Lipinski definition) is 5. The van der Waals surface area contributed by atoms with E-state index in [9.17, 15) is 10.1 Å². The molecular weight excluding hydrogens is 278 g/mol. The maximum atomic E-state index is 12.7. The molecular formula is C17H19N3O2. The monoisotopic (exact) mass is 297 g/mol. The molecule has 0 saturated heterocycles. The minimum atomic E-state index is -0.501. The number of aryl methyl sites for hydroxylation is 1. The Hall–Kier alpha value is -2.48. The normalized spacial score (nSPS) is 23.9. The number of nitrogens with one attached hydrogen (secondary N) is 1. The third-order valence-corrected chi connectivity index (χ3v) is 4.24. The van der Waals surface area contributed by atoms with Gasteiger partial charge >= 0.3 is 0 Å². The zero-order valence-electron chi connectivity index (χ0n) is 13.0. The molecule has 1 aliphatic carbocycles. The Balaban J connectivity index is 2.17. The van der Waals surface area contributed by atoms with Crippen LogP contribution in [0.5, 0.6) is 0 Å². The molecule has 3 rings (SSSR count). The number of dihydropyridines is 1. The van der Waals surface area contributed by atoms with Crippen molar-refractivity contribution in [2.45, 2.75) is 39.5 Å². The van der Waals surface area contributed by atoms with Crippen molar-refractivity contribution in [2.75, 3.05) is 0 Å². The van der Waals surface area contributed by atoms with Crippen LogP contribution in [0.4, 0.5) is 0 Å². The Kier molecular flexibility index (Phi) is 3.13. The second-order valence-corrected chi connectivity index (χ2v) is 6.78. The molecule has 5 heteroatoms. The highest BCUT2D eigenvalue weighted by molar-refractivity contribution is 6.00. The number of ketones is 1. The van der Waals surface area contributed by atoms with Gasteiger partial charge in [-0.1, -0.05) is 13.8 Å². The zero-order chi connectivity index (χ0) is 16.1. The topological polar surface area (TPSA) is 92.0 Å². The molecule has 114 valence electrons. The van der Waals surface area contributed by atoms with Crippen LogP contribution < -0.4 is 11.1 Å². The lowest BCUT2D eigenvalue weighted by Gasteiger charge is -2.37. The van der Waals surface area contributed by atoms with Crippen molar-refractivity contribution in [2.24, 2.45) is 11.1 Å². The van der Waals surface area contributed by atoms with Crippen molar-refractivity contribution >= 4 is 5.78 Å². The van der Waals surface area contributed by atoms with E-state index in [4.69, 9.17) is 10.2 Å². The third kappa shape index (κ3) is 2.21. The van der Waals surface area contributed by atoms with Crippen LogP contribution in [0, 0.1) is 23.7 Å². The first-order chi connectivity index (χ1) is 10.3. The Morgan fingerprint density at radius 1 is 1.41 bits per heavy atom. The molecule has 1 aromatic rings. The molecule has 1 atom stereocenters. The van der Waals surface area contributed by atoms with Crippen LogP contribution >= 0.6 is 0 Å². The summed E-state index contributed by atoms with van der Waals surface area (Å²) in [7, 11) is 0. The lowest BCUT2D eigenvalue weighted by molar-refractivity contribution is -0.118. The van der Waals surface area contributed by atoms with Gasteiger partial charge < -0.3 is 15.5 Å². The van der Waals surface area contributed by atoms with Gasteiger partial charge in [-0.15, -0.1) is 0 Å². The van der Waals surface area contributed by atoms with Gasteiger partial charge in [-0.25, -0.2) is 0 Å². The molecule has 2 heterocycles. The maximum absolute atomic E-state index is 12.7. The van der Waals surface area contributed by atoms with Gasteiger partial charge in [-0.2, -0.15) is 5.26 Å². The molecule has 0 spiro atoms. The summed E-state index contributed by atoms with van der Waals surface area (Å²) in [6, 6.07) is 5.78. The fraction of sp³-hybridized carbons (Fsp3) is 0.412. The molecule has 0 bridgehead atoms. The summed E-state index contributed by atoms with van der Waals surface area (Å²) < 4.78 is 5.70. The predicted octanol–water partition coefficient (Wildman–Crippen LogP) is 2.61. The number of hydrogen-bond donors (Lipinski definition) is 2. The second-order valence-electron chi connectivity index (χ2n) is 6.78. The van der Waals surface area contributed by atoms with E-state index in [0.29, 0.717) is 29.1 Å². The first-order valence-corrected chi connectivity index (χ1v) is 7.32. The smallest absolute Gasteiger partial charge is 0.162 e. The molecule has 0 radical (unpaired) electrons. The molecule has 1 unspecified atom stereocenters. The molecule has 22 heavy (non-hydrogen) atoms. The van der Waals surface area contributed by atoms with Crippen LogP contribution in [0.3, 0.4) is 0 Å². The zero-order valence-corrected chi connectivity index (χ0v) is 13.0. The van der Waals surface area contributed by atoms with Gasteiger partial charge in [0.05, 0.1) is 17.6 Å². The van der Waals surface area contributed by atoms with Crippen LogP contribution in [0.1, 0.15) is 44.1 Å². The highest BCUT2D eigenvalue weighted by Gasteiger charge is 2.42. The molecule has 3 N–H and O–H groups in total. The molecule has 5 nitrogen and oxygen atoms in total. The lowest BCUT2D eigenvalue weighted by atomic mass is 9.70. The molecule has 1 aliphatic heterocycles. The van der Waals surface area contributed by atoms with E-state index in [2.05, 4.69) is 25.2 Å². The fourth-order valence-corrected chi connectivity index (χ4v) is 3.33. The third-order valence-electron chi connectivity index (χ3n) is 4.24. The van der Waals surface area contributed by atoms with E-state index >= 15 is 0 Å². The van der Waals surface area contributed by atoms with Gasteiger partial charge in [0, 0.05) is 17.7 Å². The van der Waals surface area contributed by atoms with Gasteiger partial charge in [0.15, 0.2) is 5.78 Å². The highest BCUT2D eigenvalue weighted by atomic mass is 16.3.